The predicted octanol–water partition coefficient (Wildman–Crippen LogP) is 3.69. The van der Waals surface area contributed by atoms with Crippen molar-refractivity contribution >= 4 is 43.2 Å². The minimum Gasteiger partial charge on any atom is -0.353 e. The molecular weight excluding hydrogens is 498 g/mol. The molecule has 2 saturated heterocycles. The smallest absolute Gasteiger partial charge is 0.252 e. The molecule has 0 saturated carbocycles. The molecule has 0 radical (unpaired) electrons. The van der Waals surface area contributed by atoms with E-state index in [1.807, 2.05) is 6.07 Å². The topological polar surface area (TPSA) is 69.7 Å². The Morgan fingerprint density at radius 2 is 1.81 bits per heavy atom. The Morgan fingerprint density at radius 1 is 1.06 bits per heavy atom. The van der Waals surface area contributed by atoms with Crippen LogP contribution in [0.25, 0.3) is 0 Å². The standard InChI is InChI=1S/C22H28BrN3O3S2/c23-20-8-9-21(30-20)31(28,29)26-12-4-7-18(16-26)22(27)24-19-10-13-25(14-11-19)15-17-5-2-1-3-6-17/h1-3,5-6,8-9,18-19H,4,7,10-16H2,(H,24,27)/t18-/m1/s1. The van der Waals surface area contributed by atoms with Gasteiger partial charge >= 0.3 is 0 Å². The number of benzene rings is 1. The molecule has 31 heavy (non-hydrogen) atoms. The van der Waals surface area contributed by atoms with Gasteiger partial charge < -0.3 is 5.32 Å². The van der Waals surface area contributed by atoms with Gasteiger partial charge in [-0.1, -0.05) is 30.3 Å². The first kappa shape index (κ1) is 22.9. The Labute approximate surface area is 196 Å². The van der Waals surface area contributed by atoms with Crippen molar-refractivity contribution in [2.45, 2.75) is 42.5 Å². The first-order valence-corrected chi connectivity index (χ1v) is 13.8. The Kier molecular flexibility index (Phi) is 7.48. The van der Waals surface area contributed by atoms with Crippen LogP contribution in [0.4, 0.5) is 0 Å². The lowest BCUT2D eigenvalue weighted by Gasteiger charge is -2.35. The Morgan fingerprint density at radius 3 is 2.48 bits per heavy atom. The molecule has 1 amide bonds. The van der Waals surface area contributed by atoms with Crippen LogP contribution in [0.1, 0.15) is 31.2 Å². The number of thiophene rings is 1. The fraction of sp³-hybridized carbons (Fsp3) is 0.500. The van der Waals surface area contributed by atoms with Crippen molar-refractivity contribution in [2.75, 3.05) is 26.2 Å². The third-order valence-electron chi connectivity index (χ3n) is 6.08. The number of piperidine rings is 2. The summed E-state index contributed by atoms with van der Waals surface area (Å²) >= 11 is 4.54. The average Bonchev–Trinajstić information content (AvgIpc) is 3.23. The van der Waals surface area contributed by atoms with Crippen molar-refractivity contribution in [3.63, 3.8) is 0 Å². The summed E-state index contributed by atoms with van der Waals surface area (Å²) in [6.45, 7) is 3.59. The minimum absolute atomic E-state index is 0.00577. The molecule has 2 aliphatic heterocycles. The van der Waals surface area contributed by atoms with Crippen LogP contribution in [0.15, 0.2) is 50.5 Å². The normalized spacial score (nSPS) is 21.8. The van der Waals surface area contributed by atoms with E-state index in [9.17, 15) is 13.2 Å². The van der Waals surface area contributed by atoms with Crippen molar-refractivity contribution in [2.24, 2.45) is 5.92 Å². The molecule has 0 bridgehead atoms. The third kappa shape index (κ3) is 5.76. The van der Waals surface area contributed by atoms with Gasteiger partial charge in [-0.05, 0) is 59.3 Å². The number of halogens is 1. The van der Waals surface area contributed by atoms with Gasteiger partial charge in [-0.25, -0.2) is 8.42 Å². The molecule has 0 spiro atoms. The molecular formula is C22H28BrN3O3S2. The molecule has 6 nitrogen and oxygen atoms in total. The van der Waals surface area contributed by atoms with Gasteiger partial charge in [-0.15, -0.1) is 11.3 Å². The molecule has 168 valence electrons. The van der Waals surface area contributed by atoms with Gasteiger partial charge in [0.05, 0.1) is 9.70 Å². The SMILES string of the molecule is O=C(NC1CCN(Cc2ccccc2)CC1)[C@@H]1CCCN(S(=O)(=O)c2ccc(Br)s2)C1. The van der Waals surface area contributed by atoms with Gasteiger partial charge in [0, 0.05) is 38.8 Å². The van der Waals surface area contributed by atoms with Gasteiger partial charge in [0.15, 0.2) is 0 Å². The molecule has 1 aromatic carbocycles. The van der Waals surface area contributed by atoms with Crippen LogP contribution < -0.4 is 5.32 Å². The molecule has 3 heterocycles. The third-order valence-corrected chi connectivity index (χ3v) is 10.0. The first-order valence-electron chi connectivity index (χ1n) is 10.7. The van der Waals surface area contributed by atoms with E-state index in [0.717, 1.165) is 42.7 Å². The number of amides is 1. The molecule has 2 fully saturated rings. The van der Waals surface area contributed by atoms with Crippen LogP contribution in [0, 0.1) is 5.92 Å². The molecule has 1 N–H and O–H groups in total. The molecule has 0 aliphatic carbocycles. The molecule has 2 aliphatic rings. The highest BCUT2D eigenvalue weighted by Gasteiger charge is 2.35. The summed E-state index contributed by atoms with van der Waals surface area (Å²) in [5.41, 5.74) is 1.31. The van der Waals surface area contributed by atoms with Crippen molar-refractivity contribution in [1.82, 2.24) is 14.5 Å². The van der Waals surface area contributed by atoms with Crippen LogP contribution >= 0.6 is 27.3 Å². The zero-order valence-electron chi connectivity index (χ0n) is 17.4. The number of carbonyl (C=O) groups is 1. The molecule has 0 unspecified atom stereocenters. The summed E-state index contributed by atoms with van der Waals surface area (Å²) in [6, 6.07) is 14.0. The molecule has 4 rings (SSSR count). The van der Waals surface area contributed by atoms with Crippen LogP contribution in [0.5, 0.6) is 0 Å². The van der Waals surface area contributed by atoms with E-state index in [4.69, 9.17) is 0 Å². The van der Waals surface area contributed by atoms with Crippen LogP contribution in [0.3, 0.4) is 0 Å². The van der Waals surface area contributed by atoms with E-state index in [1.165, 1.54) is 21.2 Å². The maximum Gasteiger partial charge on any atom is 0.252 e. The van der Waals surface area contributed by atoms with Crippen molar-refractivity contribution < 1.29 is 13.2 Å². The molecule has 2 aromatic rings. The Balaban J connectivity index is 1.28. The fourth-order valence-corrected chi connectivity index (χ4v) is 8.02. The Hall–Kier alpha value is -1.26. The second-order valence-electron chi connectivity index (χ2n) is 8.31. The number of rotatable bonds is 6. The summed E-state index contributed by atoms with van der Waals surface area (Å²) in [6.07, 6.45) is 3.30. The van der Waals surface area contributed by atoms with Crippen molar-refractivity contribution in [3.8, 4) is 0 Å². The summed E-state index contributed by atoms with van der Waals surface area (Å²) < 4.78 is 28.4. The highest BCUT2D eigenvalue weighted by Crippen LogP contribution is 2.31. The first-order chi connectivity index (χ1) is 14.9. The van der Waals surface area contributed by atoms with Crippen LogP contribution in [-0.2, 0) is 21.4 Å². The predicted molar refractivity (Wildman–Crippen MR) is 126 cm³/mol. The van der Waals surface area contributed by atoms with E-state index in [-0.39, 0.29) is 24.4 Å². The lowest BCUT2D eigenvalue weighted by atomic mass is 9.97. The highest BCUT2D eigenvalue weighted by molar-refractivity contribution is 9.11. The maximum absolute atomic E-state index is 12.9. The highest BCUT2D eigenvalue weighted by atomic mass is 79.9. The monoisotopic (exact) mass is 525 g/mol. The van der Waals surface area contributed by atoms with Crippen molar-refractivity contribution in [1.29, 1.82) is 0 Å². The Bertz CT molecular complexity index is 988. The van der Waals surface area contributed by atoms with Crippen molar-refractivity contribution in [3.05, 3.63) is 51.8 Å². The van der Waals surface area contributed by atoms with Gasteiger partial charge in [0.25, 0.3) is 10.0 Å². The number of carbonyl (C=O) groups excluding carboxylic acids is 1. The van der Waals surface area contributed by atoms with Gasteiger partial charge in [0.2, 0.25) is 5.91 Å². The minimum atomic E-state index is -3.54. The van der Waals surface area contributed by atoms with E-state index >= 15 is 0 Å². The van der Waals surface area contributed by atoms with Crippen LogP contribution in [-0.4, -0.2) is 55.8 Å². The molecule has 1 aromatic heterocycles. The summed E-state index contributed by atoms with van der Waals surface area (Å²) in [7, 11) is -3.54. The second-order valence-corrected chi connectivity index (χ2v) is 12.9. The number of sulfonamides is 1. The zero-order chi connectivity index (χ0) is 21.8. The summed E-state index contributed by atoms with van der Waals surface area (Å²) in [4.78, 5) is 15.3. The van der Waals surface area contributed by atoms with E-state index < -0.39 is 10.0 Å². The lowest BCUT2D eigenvalue weighted by Crippen LogP contribution is -2.50. The molecule has 1 atom stereocenters. The number of hydrogen-bond donors (Lipinski definition) is 1. The number of nitrogens with zero attached hydrogens (tertiary/aromatic N) is 2. The number of likely N-dealkylation sites (tertiary alicyclic amines) is 1. The average molecular weight is 527 g/mol. The second kappa shape index (κ2) is 10.1. The zero-order valence-corrected chi connectivity index (χ0v) is 20.6. The van der Waals surface area contributed by atoms with E-state index in [1.54, 1.807) is 12.1 Å². The van der Waals surface area contributed by atoms with Crippen LogP contribution in [0.2, 0.25) is 0 Å². The van der Waals surface area contributed by atoms with Gasteiger partial charge in [0.1, 0.15) is 4.21 Å². The maximum atomic E-state index is 12.9. The van der Waals surface area contributed by atoms with E-state index in [2.05, 4.69) is 50.4 Å². The number of nitrogens with one attached hydrogen (secondary N) is 1. The fourth-order valence-electron chi connectivity index (χ4n) is 4.33. The summed E-state index contributed by atoms with van der Waals surface area (Å²) in [5, 5.41) is 3.20. The van der Waals surface area contributed by atoms with E-state index in [0.29, 0.717) is 17.2 Å². The van der Waals surface area contributed by atoms with Gasteiger partial charge in [-0.2, -0.15) is 4.31 Å². The van der Waals surface area contributed by atoms with Gasteiger partial charge in [-0.3, -0.25) is 9.69 Å². The summed E-state index contributed by atoms with van der Waals surface area (Å²) in [5.74, 6) is -0.289. The lowest BCUT2D eigenvalue weighted by molar-refractivity contribution is -0.127. The molecule has 9 heteroatoms. The quantitative estimate of drug-likeness (QED) is 0.624. The largest absolute Gasteiger partial charge is 0.353 e. The number of hydrogen-bond acceptors (Lipinski definition) is 5.